The molecule has 5 aromatic rings. The van der Waals surface area contributed by atoms with Crippen LogP contribution in [0.4, 0.5) is 16.5 Å². The fourth-order valence-corrected chi connectivity index (χ4v) is 4.91. The topological polar surface area (TPSA) is 105 Å². The van der Waals surface area contributed by atoms with Crippen molar-refractivity contribution in [3.8, 4) is 17.0 Å². The molecule has 216 valence electrons. The molecule has 0 spiro atoms. The van der Waals surface area contributed by atoms with Gasteiger partial charge in [-0.1, -0.05) is 59.1 Å². The Bertz CT molecular complexity index is 1780. The molecule has 0 saturated heterocycles. The van der Waals surface area contributed by atoms with E-state index in [1.54, 1.807) is 54.6 Å². The van der Waals surface area contributed by atoms with E-state index in [9.17, 15) is 9.59 Å². The number of ether oxygens (including phenoxy) is 1. The summed E-state index contributed by atoms with van der Waals surface area (Å²) < 4.78 is 5.58. The normalized spacial score (nSPS) is 10.9. The molecule has 0 atom stereocenters. The van der Waals surface area contributed by atoms with Gasteiger partial charge in [0.1, 0.15) is 5.75 Å². The standard InChI is InChI=1S/C31H22Cl3N5O3S/c32-22-8-10-23(11-9-22)37-31-38-28(18-43-31)20-4-6-21(7-5-20)30(41)39-35-16-19-2-1-3-25(14-19)42-17-29(40)36-24-12-13-26(33)27(34)15-24/h1-16,18H,17H2,(H,36,40)(H,37,38)(H,39,41)/b35-16-. The molecule has 5 rings (SSSR count). The number of carbonyl (C=O) groups is 2. The molecular weight excluding hydrogens is 629 g/mol. The molecule has 1 aromatic heterocycles. The number of amides is 2. The lowest BCUT2D eigenvalue weighted by Crippen LogP contribution is -2.20. The van der Waals surface area contributed by atoms with Crippen LogP contribution in [0.1, 0.15) is 15.9 Å². The molecule has 0 aliphatic carbocycles. The number of nitrogens with zero attached hydrogens (tertiary/aromatic N) is 2. The quantitative estimate of drug-likeness (QED) is 0.104. The third kappa shape index (κ3) is 8.56. The summed E-state index contributed by atoms with van der Waals surface area (Å²) in [6, 6.07) is 26.2. The number of rotatable bonds is 10. The zero-order chi connectivity index (χ0) is 30.2. The van der Waals surface area contributed by atoms with E-state index in [0.29, 0.717) is 37.6 Å². The van der Waals surface area contributed by atoms with E-state index in [0.717, 1.165) is 22.1 Å². The van der Waals surface area contributed by atoms with Crippen molar-refractivity contribution in [3.63, 3.8) is 0 Å². The molecule has 4 aromatic carbocycles. The molecule has 0 fully saturated rings. The lowest BCUT2D eigenvalue weighted by molar-refractivity contribution is -0.118. The van der Waals surface area contributed by atoms with Crippen LogP contribution in [0.5, 0.6) is 5.75 Å². The van der Waals surface area contributed by atoms with Crippen LogP contribution < -0.4 is 20.8 Å². The number of aromatic nitrogens is 1. The zero-order valence-corrected chi connectivity index (χ0v) is 25.3. The summed E-state index contributed by atoms with van der Waals surface area (Å²) in [7, 11) is 0. The van der Waals surface area contributed by atoms with Crippen LogP contribution in [-0.2, 0) is 4.79 Å². The van der Waals surface area contributed by atoms with Crippen molar-refractivity contribution in [1.82, 2.24) is 10.4 Å². The summed E-state index contributed by atoms with van der Waals surface area (Å²) >= 11 is 19.3. The van der Waals surface area contributed by atoms with Gasteiger partial charge in [0.25, 0.3) is 11.8 Å². The van der Waals surface area contributed by atoms with Gasteiger partial charge in [-0.15, -0.1) is 11.3 Å². The van der Waals surface area contributed by atoms with Crippen LogP contribution in [-0.4, -0.2) is 29.6 Å². The molecule has 0 saturated carbocycles. The number of hydrogen-bond donors (Lipinski definition) is 3. The van der Waals surface area contributed by atoms with Crippen molar-refractivity contribution >= 4 is 80.7 Å². The van der Waals surface area contributed by atoms with Crippen LogP contribution in [0, 0.1) is 0 Å². The first-order valence-corrected chi connectivity index (χ1v) is 14.7. The summed E-state index contributed by atoms with van der Waals surface area (Å²) in [6.07, 6.45) is 1.49. The monoisotopic (exact) mass is 649 g/mol. The maximum absolute atomic E-state index is 12.6. The first-order valence-electron chi connectivity index (χ1n) is 12.7. The molecule has 0 aliphatic heterocycles. The Kier molecular flexibility index (Phi) is 9.91. The van der Waals surface area contributed by atoms with Gasteiger partial charge < -0.3 is 15.4 Å². The minimum atomic E-state index is -0.363. The van der Waals surface area contributed by atoms with Crippen molar-refractivity contribution in [2.24, 2.45) is 5.10 Å². The van der Waals surface area contributed by atoms with Crippen LogP contribution in [0.3, 0.4) is 0 Å². The van der Waals surface area contributed by atoms with Gasteiger partial charge in [-0.25, -0.2) is 10.4 Å². The Balaban J connectivity index is 1.11. The number of benzene rings is 4. The van der Waals surface area contributed by atoms with E-state index in [4.69, 9.17) is 39.5 Å². The summed E-state index contributed by atoms with van der Waals surface area (Å²) in [5.41, 5.74) is 6.70. The van der Waals surface area contributed by atoms with Crippen molar-refractivity contribution in [2.45, 2.75) is 0 Å². The van der Waals surface area contributed by atoms with Crippen LogP contribution in [0.15, 0.2) is 101 Å². The molecule has 1 heterocycles. The Hall–Kier alpha value is -4.41. The maximum Gasteiger partial charge on any atom is 0.271 e. The number of anilines is 3. The molecule has 0 radical (unpaired) electrons. The molecule has 0 aliphatic rings. The Labute approximate surface area is 266 Å². The molecule has 3 N–H and O–H groups in total. The van der Waals surface area contributed by atoms with Gasteiger partial charge in [-0.3, -0.25) is 9.59 Å². The minimum absolute atomic E-state index is 0.214. The van der Waals surface area contributed by atoms with Crippen LogP contribution in [0.25, 0.3) is 11.3 Å². The van der Waals surface area contributed by atoms with Gasteiger partial charge in [-0.05, 0) is 72.3 Å². The molecule has 8 nitrogen and oxygen atoms in total. The van der Waals surface area contributed by atoms with E-state index in [2.05, 4.69) is 26.1 Å². The predicted octanol–water partition coefficient (Wildman–Crippen LogP) is 8.30. The molecular formula is C31H22Cl3N5O3S. The van der Waals surface area contributed by atoms with E-state index in [1.807, 2.05) is 41.8 Å². The van der Waals surface area contributed by atoms with Gasteiger partial charge in [0.15, 0.2) is 11.7 Å². The summed E-state index contributed by atoms with van der Waals surface area (Å²) in [4.78, 5) is 29.5. The minimum Gasteiger partial charge on any atom is -0.484 e. The van der Waals surface area contributed by atoms with E-state index >= 15 is 0 Å². The highest BCUT2D eigenvalue weighted by molar-refractivity contribution is 7.14. The Morgan fingerprint density at radius 3 is 2.42 bits per heavy atom. The summed E-state index contributed by atoms with van der Waals surface area (Å²) in [5.74, 6) is -0.262. The molecule has 12 heteroatoms. The van der Waals surface area contributed by atoms with Crippen molar-refractivity contribution in [3.05, 3.63) is 123 Å². The molecule has 0 bridgehead atoms. The van der Waals surface area contributed by atoms with Crippen molar-refractivity contribution < 1.29 is 14.3 Å². The lowest BCUT2D eigenvalue weighted by atomic mass is 10.1. The molecule has 0 unspecified atom stereocenters. The van der Waals surface area contributed by atoms with Crippen molar-refractivity contribution in [1.29, 1.82) is 0 Å². The number of nitrogens with one attached hydrogen (secondary N) is 3. The number of carbonyl (C=O) groups excluding carboxylic acids is 2. The average Bonchev–Trinajstić information content (AvgIpc) is 3.48. The van der Waals surface area contributed by atoms with E-state index < -0.39 is 0 Å². The predicted molar refractivity (Wildman–Crippen MR) is 174 cm³/mol. The lowest BCUT2D eigenvalue weighted by Gasteiger charge is -2.08. The fraction of sp³-hybridized carbons (Fsp3) is 0.0323. The number of thiazole rings is 1. The van der Waals surface area contributed by atoms with Gasteiger partial charge in [-0.2, -0.15) is 5.10 Å². The Morgan fingerprint density at radius 1 is 0.884 bits per heavy atom. The van der Waals surface area contributed by atoms with Gasteiger partial charge in [0.05, 0.1) is 22.0 Å². The fourth-order valence-electron chi connectivity index (χ4n) is 3.75. The highest BCUT2D eigenvalue weighted by Crippen LogP contribution is 2.28. The molecule has 43 heavy (non-hydrogen) atoms. The second-order valence-corrected chi connectivity index (χ2v) is 11.1. The van der Waals surface area contributed by atoms with Crippen LogP contribution in [0.2, 0.25) is 15.1 Å². The Morgan fingerprint density at radius 2 is 1.65 bits per heavy atom. The first-order chi connectivity index (χ1) is 20.8. The SMILES string of the molecule is O=C(COc1cccc(/C=N\NC(=O)c2ccc(-c3csc(Nc4ccc(Cl)cc4)n3)cc2)c1)Nc1ccc(Cl)c(Cl)c1. The number of hydrogen-bond acceptors (Lipinski definition) is 7. The molecule has 2 amide bonds. The maximum atomic E-state index is 12.6. The number of halogens is 3. The smallest absolute Gasteiger partial charge is 0.271 e. The second-order valence-electron chi connectivity index (χ2n) is 8.98. The highest BCUT2D eigenvalue weighted by Gasteiger charge is 2.09. The summed E-state index contributed by atoms with van der Waals surface area (Å²) in [6.45, 7) is -0.214. The van der Waals surface area contributed by atoms with Gasteiger partial charge >= 0.3 is 0 Å². The second kappa shape index (κ2) is 14.2. The largest absolute Gasteiger partial charge is 0.484 e. The zero-order valence-electron chi connectivity index (χ0n) is 22.2. The van der Waals surface area contributed by atoms with Crippen molar-refractivity contribution in [2.75, 3.05) is 17.2 Å². The average molecular weight is 651 g/mol. The van der Waals surface area contributed by atoms with Crippen LogP contribution >= 0.6 is 46.1 Å². The van der Waals surface area contributed by atoms with Gasteiger partial charge in [0, 0.05) is 32.9 Å². The first kappa shape index (κ1) is 30.1. The van der Waals surface area contributed by atoms with E-state index in [1.165, 1.54) is 17.6 Å². The van der Waals surface area contributed by atoms with Gasteiger partial charge in [0.2, 0.25) is 0 Å². The highest BCUT2D eigenvalue weighted by atomic mass is 35.5. The third-order valence-electron chi connectivity index (χ3n) is 5.85. The third-order valence-corrected chi connectivity index (χ3v) is 7.60. The van der Waals surface area contributed by atoms with E-state index in [-0.39, 0.29) is 18.4 Å². The number of hydrazone groups is 1. The summed E-state index contributed by atoms with van der Waals surface area (Å²) in [5, 5.41) is 14.1.